The SMILES string of the molecule is CCOc1ccc(CNC(c2ccc3c(c2)OCCO3)C(C)C)cc1. The van der Waals surface area contributed by atoms with E-state index in [0.717, 1.165) is 23.8 Å². The van der Waals surface area contributed by atoms with Crippen LogP contribution in [0.3, 0.4) is 0 Å². The summed E-state index contributed by atoms with van der Waals surface area (Å²) in [6.07, 6.45) is 0. The molecule has 0 amide bonds. The quantitative estimate of drug-likeness (QED) is 0.813. The molecule has 1 aliphatic heterocycles. The Bertz CT molecular complexity index is 682. The van der Waals surface area contributed by atoms with E-state index in [9.17, 15) is 0 Å². The van der Waals surface area contributed by atoms with E-state index in [0.29, 0.717) is 25.7 Å². The van der Waals surface area contributed by atoms with Crippen molar-refractivity contribution in [1.82, 2.24) is 5.32 Å². The number of fused-ring (bicyclic) bond motifs is 1. The van der Waals surface area contributed by atoms with E-state index < -0.39 is 0 Å². The first kappa shape index (κ1) is 17.6. The number of nitrogens with one attached hydrogen (secondary N) is 1. The molecule has 2 aromatic carbocycles. The summed E-state index contributed by atoms with van der Waals surface area (Å²) >= 11 is 0. The molecule has 0 fully saturated rings. The van der Waals surface area contributed by atoms with Gasteiger partial charge in [-0.2, -0.15) is 0 Å². The third-order valence-corrected chi connectivity index (χ3v) is 4.35. The minimum absolute atomic E-state index is 0.252. The van der Waals surface area contributed by atoms with Gasteiger partial charge in [0, 0.05) is 12.6 Å². The Morgan fingerprint density at radius 3 is 2.40 bits per heavy atom. The van der Waals surface area contributed by atoms with E-state index in [4.69, 9.17) is 14.2 Å². The van der Waals surface area contributed by atoms with Crippen molar-refractivity contribution in [3.8, 4) is 17.2 Å². The van der Waals surface area contributed by atoms with Crippen LogP contribution in [-0.4, -0.2) is 19.8 Å². The van der Waals surface area contributed by atoms with Crippen molar-refractivity contribution in [3.05, 3.63) is 53.6 Å². The van der Waals surface area contributed by atoms with Gasteiger partial charge in [0.25, 0.3) is 0 Å². The molecule has 1 unspecified atom stereocenters. The minimum atomic E-state index is 0.252. The van der Waals surface area contributed by atoms with Crippen molar-refractivity contribution in [2.75, 3.05) is 19.8 Å². The molecule has 4 nitrogen and oxygen atoms in total. The molecule has 0 radical (unpaired) electrons. The largest absolute Gasteiger partial charge is 0.494 e. The molecular weight excluding hydrogens is 314 g/mol. The van der Waals surface area contributed by atoms with Crippen molar-refractivity contribution >= 4 is 0 Å². The summed E-state index contributed by atoms with van der Waals surface area (Å²) in [6.45, 7) is 9.19. The molecule has 0 spiro atoms. The van der Waals surface area contributed by atoms with Gasteiger partial charge in [-0.25, -0.2) is 0 Å². The van der Waals surface area contributed by atoms with Gasteiger partial charge in [-0.05, 0) is 48.2 Å². The molecule has 0 saturated carbocycles. The highest BCUT2D eigenvalue weighted by atomic mass is 16.6. The first-order valence-corrected chi connectivity index (χ1v) is 9.02. The van der Waals surface area contributed by atoms with Crippen LogP contribution >= 0.6 is 0 Å². The van der Waals surface area contributed by atoms with E-state index in [1.54, 1.807) is 0 Å². The lowest BCUT2D eigenvalue weighted by molar-refractivity contribution is 0.171. The number of hydrogen-bond donors (Lipinski definition) is 1. The van der Waals surface area contributed by atoms with Gasteiger partial charge in [-0.1, -0.05) is 32.0 Å². The van der Waals surface area contributed by atoms with E-state index in [1.807, 2.05) is 25.1 Å². The van der Waals surface area contributed by atoms with Gasteiger partial charge in [0.05, 0.1) is 6.61 Å². The zero-order valence-electron chi connectivity index (χ0n) is 15.2. The molecule has 3 rings (SSSR count). The molecule has 134 valence electrons. The zero-order valence-corrected chi connectivity index (χ0v) is 15.2. The fourth-order valence-electron chi connectivity index (χ4n) is 3.09. The van der Waals surface area contributed by atoms with Crippen molar-refractivity contribution in [1.29, 1.82) is 0 Å². The van der Waals surface area contributed by atoms with Crippen LogP contribution in [0.1, 0.15) is 37.9 Å². The average Bonchev–Trinajstić information content (AvgIpc) is 2.63. The van der Waals surface area contributed by atoms with Crippen LogP contribution in [0.15, 0.2) is 42.5 Å². The van der Waals surface area contributed by atoms with Gasteiger partial charge in [0.2, 0.25) is 0 Å². The second-order valence-electron chi connectivity index (χ2n) is 6.58. The Morgan fingerprint density at radius 1 is 1.00 bits per heavy atom. The van der Waals surface area contributed by atoms with E-state index in [1.165, 1.54) is 11.1 Å². The van der Waals surface area contributed by atoms with Gasteiger partial charge in [-0.3, -0.25) is 0 Å². The van der Waals surface area contributed by atoms with Crippen LogP contribution in [0.5, 0.6) is 17.2 Å². The standard InChI is InChI=1S/C21H27NO3/c1-4-23-18-8-5-16(6-9-18)14-22-21(15(2)3)17-7-10-19-20(13-17)25-12-11-24-19/h5-10,13,15,21-22H,4,11-12,14H2,1-3H3. The summed E-state index contributed by atoms with van der Waals surface area (Å²) in [6, 6.07) is 14.8. The van der Waals surface area contributed by atoms with Crippen molar-refractivity contribution < 1.29 is 14.2 Å². The van der Waals surface area contributed by atoms with Gasteiger partial charge < -0.3 is 19.5 Å². The summed E-state index contributed by atoms with van der Waals surface area (Å²) < 4.78 is 16.8. The Morgan fingerprint density at radius 2 is 1.72 bits per heavy atom. The molecule has 4 heteroatoms. The molecule has 1 aliphatic rings. The fourth-order valence-corrected chi connectivity index (χ4v) is 3.09. The summed E-state index contributed by atoms with van der Waals surface area (Å²) in [5.41, 5.74) is 2.47. The van der Waals surface area contributed by atoms with Gasteiger partial charge >= 0.3 is 0 Å². The second-order valence-corrected chi connectivity index (χ2v) is 6.58. The van der Waals surface area contributed by atoms with Crippen LogP contribution in [0.2, 0.25) is 0 Å². The molecule has 2 aromatic rings. The van der Waals surface area contributed by atoms with Crippen molar-refractivity contribution in [3.63, 3.8) is 0 Å². The lowest BCUT2D eigenvalue weighted by atomic mass is 9.95. The van der Waals surface area contributed by atoms with Crippen molar-refractivity contribution in [2.45, 2.75) is 33.4 Å². The van der Waals surface area contributed by atoms with Gasteiger partial charge in [-0.15, -0.1) is 0 Å². The molecule has 1 N–H and O–H groups in total. The number of benzene rings is 2. The van der Waals surface area contributed by atoms with Gasteiger partial charge in [0.15, 0.2) is 11.5 Å². The van der Waals surface area contributed by atoms with E-state index in [-0.39, 0.29) is 6.04 Å². The van der Waals surface area contributed by atoms with E-state index >= 15 is 0 Å². The van der Waals surface area contributed by atoms with Crippen molar-refractivity contribution in [2.24, 2.45) is 5.92 Å². The van der Waals surface area contributed by atoms with Crippen LogP contribution < -0.4 is 19.5 Å². The lowest BCUT2D eigenvalue weighted by Crippen LogP contribution is -2.25. The Hall–Kier alpha value is -2.20. The number of ether oxygens (including phenoxy) is 3. The third-order valence-electron chi connectivity index (χ3n) is 4.35. The highest BCUT2D eigenvalue weighted by Crippen LogP contribution is 2.34. The van der Waals surface area contributed by atoms with Crippen LogP contribution in [0, 0.1) is 5.92 Å². The first-order chi connectivity index (χ1) is 12.2. The Labute approximate surface area is 150 Å². The smallest absolute Gasteiger partial charge is 0.161 e. The van der Waals surface area contributed by atoms with Crippen LogP contribution in [0.4, 0.5) is 0 Å². The topological polar surface area (TPSA) is 39.7 Å². The summed E-state index contributed by atoms with van der Waals surface area (Å²) in [5, 5.41) is 3.67. The minimum Gasteiger partial charge on any atom is -0.494 e. The predicted octanol–water partition coefficient (Wildman–Crippen LogP) is 4.34. The maximum atomic E-state index is 5.73. The predicted molar refractivity (Wildman–Crippen MR) is 99.5 cm³/mol. The summed E-state index contributed by atoms with van der Waals surface area (Å²) in [4.78, 5) is 0. The molecular formula is C21H27NO3. The summed E-state index contributed by atoms with van der Waals surface area (Å²) in [5.74, 6) is 3.06. The number of rotatable bonds is 7. The molecule has 1 heterocycles. The highest BCUT2D eigenvalue weighted by Gasteiger charge is 2.19. The molecule has 0 aliphatic carbocycles. The average molecular weight is 341 g/mol. The monoisotopic (exact) mass is 341 g/mol. The fraction of sp³-hybridized carbons (Fsp3) is 0.429. The van der Waals surface area contributed by atoms with Crippen LogP contribution in [-0.2, 0) is 6.54 Å². The highest BCUT2D eigenvalue weighted by molar-refractivity contribution is 5.44. The maximum absolute atomic E-state index is 5.73. The molecule has 1 atom stereocenters. The zero-order chi connectivity index (χ0) is 17.6. The van der Waals surface area contributed by atoms with E-state index in [2.05, 4.69) is 43.4 Å². The second kappa shape index (κ2) is 8.26. The molecule has 0 saturated heterocycles. The Kier molecular flexibility index (Phi) is 5.82. The number of hydrogen-bond acceptors (Lipinski definition) is 4. The molecule has 0 aromatic heterocycles. The first-order valence-electron chi connectivity index (χ1n) is 9.02. The molecule has 0 bridgehead atoms. The van der Waals surface area contributed by atoms with Gasteiger partial charge in [0.1, 0.15) is 19.0 Å². The molecule has 25 heavy (non-hydrogen) atoms. The summed E-state index contributed by atoms with van der Waals surface area (Å²) in [7, 11) is 0. The maximum Gasteiger partial charge on any atom is 0.161 e. The van der Waals surface area contributed by atoms with Crippen LogP contribution in [0.25, 0.3) is 0 Å². The third kappa shape index (κ3) is 4.45. The lowest BCUT2D eigenvalue weighted by Gasteiger charge is -2.25. The Balaban J connectivity index is 1.69. The normalized spacial score (nSPS) is 14.4.